The quantitative estimate of drug-likeness (QED) is 0.760. The predicted octanol–water partition coefficient (Wildman–Crippen LogP) is 1.84. The Bertz CT molecular complexity index is 189. The van der Waals surface area contributed by atoms with E-state index in [0.29, 0.717) is 0 Å². The van der Waals surface area contributed by atoms with Gasteiger partial charge in [-0.25, -0.2) is 8.78 Å². The second kappa shape index (κ2) is 4.11. The Morgan fingerprint density at radius 2 is 1.86 bits per heavy atom. The van der Waals surface area contributed by atoms with Crippen molar-refractivity contribution in [1.82, 2.24) is 4.90 Å². The Morgan fingerprint density at radius 3 is 2.29 bits per heavy atom. The average molecular weight is 206 g/mol. The normalized spacial score (nSPS) is 21.9. The number of halogens is 2. The van der Waals surface area contributed by atoms with Gasteiger partial charge in [0.05, 0.1) is 13.1 Å². The van der Waals surface area contributed by atoms with Gasteiger partial charge in [-0.05, 0) is 26.8 Å². The monoisotopic (exact) mass is 206 g/mol. The van der Waals surface area contributed by atoms with Crippen LogP contribution in [0.15, 0.2) is 0 Å². The van der Waals surface area contributed by atoms with Crippen LogP contribution in [-0.4, -0.2) is 36.5 Å². The van der Waals surface area contributed by atoms with Crippen molar-refractivity contribution >= 4 is 0 Å². The zero-order valence-corrected chi connectivity index (χ0v) is 9.02. The lowest BCUT2D eigenvalue weighted by Crippen LogP contribution is -2.49. The number of hydrogen-bond acceptors (Lipinski definition) is 2. The molecule has 1 saturated carbocycles. The number of rotatable bonds is 4. The third-order valence-electron chi connectivity index (χ3n) is 3.37. The summed E-state index contributed by atoms with van der Waals surface area (Å²) in [6.45, 7) is 1.28. The highest BCUT2D eigenvalue weighted by Crippen LogP contribution is 2.34. The zero-order valence-electron chi connectivity index (χ0n) is 9.02. The molecule has 1 aliphatic carbocycles. The van der Waals surface area contributed by atoms with Crippen LogP contribution in [0.2, 0.25) is 0 Å². The van der Waals surface area contributed by atoms with Crippen molar-refractivity contribution in [3.05, 3.63) is 0 Å². The minimum absolute atomic E-state index is 0.0431. The second-order valence-electron chi connectivity index (χ2n) is 4.62. The van der Waals surface area contributed by atoms with Gasteiger partial charge in [0, 0.05) is 5.54 Å². The largest absolute Gasteiger partial charge is 0.325 e. The number of hydrogen-bond donors (Lipinski definition) is 1. The molecule has 84 valence electrons. The smallest absolute Gasteiger partial charge is 0.272 e. The van der Waals surface area contributed by atoms with Crippen LogP contribution in [0, 0.1) is 0 Å². The van der Waals surface area contributed by atoms with E-state index in [2.05, 4.69) is 6.92 Å². The molecular weight excluding hydrogens is 186 g/mol. The van der Waals surface area contributed by atoms with Crippen LogP contribution >= 0.6 is 0 Å². The van der Waals surface area contributed by atoms with E-state index in [1.165, 1.54) is 0 Å². The molecule has 0 heterocycles. The molecular formula is C10H20F2N2. The average Bonchev–Trinajstić information content (AvgIpc) is 2.53. The molecule has 0 spiro atoms. The number of nitrogens with two attached hydrogens (primary N) is 1. The van der Waals surface area contributed by atoms with Gasteiger partial charge in [-0.3, -0.25) is 4.90 Å². The summed E-state index contributed by atoms with van der Waals surface area (Å²) in [7, 11) is 1.77. The molecule has 1 fully saturated rings. The van der Waals surface area contributed by atoms with Crippen molar-refractivity contribution in [2.75, 3.05) is 20.1 Å². The topological polar surface area (TPSA) is 29.3 Å². The fourth-order valence-corrected chi connectivity index (χ4v) is 2.12. The van der Waals surface area contributed by atoms with Crippen LogP contribution in [0.25, 0.3) is 0 Å². The Hall–Kier alpha value is -0.220. The van der Waals surface area contributed by atoms with E-state index in [4.69, 9.17) is 5.73 Å². The lowest BCUT2D eigenvalue weighted by molar-refractivity contribution is -0.0419. The van der Waals surface area contributed by atoms with E-state index in [1.807, 2.05) is 0 Å². The van der Waals surface area contributed by atoms with Gasteiger partial charge in [0.2, 0.25) is 0 Å². The lowest BCUT2D eigenvalue weighted by Gasteiger charge is -2.37. The minimum atomic E-state index is -2.75. The highest BCUT2D eigenvalue weighted by atomic mass is 19.3. The van der Waals surface area contributed by atoms with Crippen LogP contribution in [-0.2, 0) is 0 Å². The summed E-state index contributed by atoms with van der Waals surface area (Å²) in [5.74, 6) is -2.75. The molecule has 0 unspecified atom stereocenters. The molecule has 1 rings (SSSR count). The SMILES string of the molecule is CN(CC(F)(F)CN)C1(C)CCCC1. The van der Waals surface area contributed by atoms with Gasteiger partial charge in [-0.15, -0.1) is 0 Å². The van der Waals surface area contributed by atoms with Crippen molar-refractivity contribution in [2.45, 2.75) is 44.1 Å². The van der Waals surface area contributed by atoms with Crippen LogP contribution in [0.5, 0.6) is 0 Å². The summed E-state index contributed by atoms with van der Waals surface area (Å²) >= 11 is 0. The molecule has 0 amide bonds. The molecule has 0 bridgehead atoms. The van der Waals surface area contributed by atoms with Gasteiger partial charge in [0.25, 0.3) is 5.92 Å². The number of nitrogens with zero attached hydrogens (tertiary/aromatic N) is 1. The summed E-state index contributed by atoms with van der Waals surface area (Å²) in [5, 5.41) is 0. The maximum Gasteiger partial charge on any atom is 0.272 e. The molecule has 0 atom stereocenters. The van der Waals surface area contributed by atoms with E-state index >= 15 is 0 Å². The Labute approximate surface area is 84.4 Å². The van der Waals surface area contributed by atoms with Crippen LogP contribution in [0.1, 0.15) is 32.6 Å². The van der Waals surface area contributed by atoms with Gasteiger partial charge in [0.15, 0.2) is 0 Å². The number of alkyl halides is 2. The van der Waals surface area contributed by atoms with Crippen molar-refractivity contribution in [3.63, 3.8) is 0 Å². The van der Waals surface area contributed by atoms with Gasteiger partial charge in [0.1, 0.15) is 0 Å². The van der Waals surface area contributed by atoms with Gasteiger partial charge < -0.3 is 5.73 Å². The highest BCUT2D eigenvalue weighted by Gasteiger charge is 2.38. The molecule has 2 nitrogen and oxygen atoms in total. The van der Waals surface area contributed by atoms with E-state index in [0.717, 1.165) is 25.7 Å². The Kier molecular flexibility index (Phi) is 3.48. The molecule has 14 heavy (non-hydrogen) atoms. The van der Waals surface area contributed by atoms with Crippen molar-refractivity contribution < 1.29 is 8.78 Å². The lowest BCUT2D eigenvalue weighted by atomic mass is 9.98. The summed E-state index contributed by atoms with van der Waals surface area (Å²) in [6.07, 6.45) is 4.33. The maximum atomic E-state index is 13.1. The van der Waals surface area contributed by atoms with E-state index in [9.17, 15) is 8.78 Å². The molecule has 0 radical (unpaired) electrons. The molecule has 0 aromatic heterocycles. The highest BCUT2D eigenvalue weighted by molar-refractivity contribution is 4.91. The first-order valence-corrected chi connectivity index (χ1v) is 5.19. The molecule has 0 saturated heterocycles. The molecule has 4 heteroatoms. The first-order chi connectivity index (χ1) is 6.40. The maximum absolute atomic E-state index is 13.1. The van der Waals surface area contributed by atoms with Gasteiger partial charge >= 0.3 is 0 Å². The Morgan fingerprint density at radius 1 is 1.36 bits per heavy atom. The van der Waals surface area contributed by atoms with Gasteiger partial charge in [-0.1, -0.05) is 12.8 Å². The van der Waals surface area contributed by atoms with Crippen molar-refractivity contribution in [1.29, 1.82) is 0 Å². The first kappa shape index (κ1) is 11.9. The molecule has 1 aliphatic rings. The molecule has 0 aromatic rings. The van der Waals surface area contributed by atoms with E-state index in [1.54, 1.807) is 11.9 Å². The fraction of sp³-hybridized carbons (Fsp3) is 1.00. The second-order valence-corrected chi connectivity index (χ2v) is 4.62. The Balaban J connectivity index is 2.52. The standard InChI is InChI=1S/C10H20F2N2/c1-9(5-3-4-6-9)14(2)8-10(11,12)7-13/h3-8,13H2,1-2H3. The third kappa shape index (κ3) is 2.64. The minimum Gasteiger partial charge on any atom is -0.325 e. The van der Waals surface area contributed by atoms with Crippen molar-refractivity contribution in [3.8, 4) is 0 Å². The summed E-state index contributed by atoms with van der Waals surface area (Å²) in [4.78, 5) is 1.77. The first-order valence-electron chi connectivity index (χ1n) is 5.19. The molecule has 0 aromatic carbocycles. The molecule has 0 aliphatic heterocycles. The van der Waals surface area contributed by atoms with Crippen LogP contribution < -0.4 is 5.73 Å². The van der Waals surface area contributed by atoms with Gasteiger partial charge in [-0.2, -0.15) is 0 Å². The summed E-state index contributed by atoms with van der Waals surface area (Å²) < 4.78 is 26.1. The van der Waals surface area contributed by atoms with Crippen LogP contribution in [0.4, 0.5) is 8.78 Å². The third-order valence-corrected chi connectivity index (χ3v) is 3.37. The zero-order chi connectivity index (χ0) is 10.8. The van der Waals surface area contributed by atoms with Crippen LogP contribution in [0.3, 0.4) is 0 Å². The molecule has 2 N–H and O–H groups in total. The van der Waals surface area contributed by atoms with E-state index < -0.39 is 12.5 Å². The van der Waals surface area contributed by atoms with E-state index in [-0.39, 0.29) is 12.1 Å². The van der Waals surface area contributed by atoms with Crippen molar-refractivity contribution in [2.24, 2.45) is 5.73 Å². The fourth-order valence-electron chi connectivity index (χ4n) is 2.12. The summed E-state index contributed by atoms with van der Waals surface area (Å²) in [6, 6.07) is 0. The predicted molar refractivity (Wildman–Crippen MR) is 53.5 cm³/mol. The summed E-state index contributed by atoms with van der Waals surface area (Å²) in [5.41, 5.74) is 4.98.